The highest BCUT2D eigenvalue weighted by atomic mass is 16.3. The molecule has 0 saturated heterocycles. The Kier molecular flexibility index (Phi) is 6.10. The number of aliphatic hydroxyl groups excluding tert-OH is 3. The van der Waals surface area contributed by atoms with Crippen LogP contribution in [0.2, 0.25) is 0 Å². The molecule has 0 aromatic heterocycles. The Morgan fingerprint density at radius 1 is 0.789 bits per heavy atom. The van der Waals surface area contributed by atoms with Gasteiger partial charge in [0.15, 0.2) is 22.7 Å². The fourth-order valence-corrected chi connectivity index (χ4v) is 6.85. The van der Waals surface area contributed by atoms with Gasteiger partial charge in [0, 0.05) is 22.1 Å². The molecular weight excluding hydrogens is 488 g/mol. The summed E-state index contributed by atoms with van der Waals surface area (Å²) in [6, 6.07) is 5.65. The van der Waals surface area contributed by atoms with Crippen LogP contribution in [0.1, 0.15) is 53.5 Å². The zero-order valence-electron chi connectivity index (χ0n) is 22.3. The van der Waals surface area contributed by atoms with E-state index in [2.05, 4.69) is 0 Å². The highest BCUT2D eigenvalue weighted by molar-refractivity contribution is 6.00. The predicted octanol–water partition coefficient (Wildman–Crippen LogP) is 5.98. The lowest BCUT2D eigenvalue weighted by Gasteiger charge is -2.53. The van der Waals surface area contributed by atoms with Crippen LogP contribution >= 0.6 is 0 Å². The first kappa shape index (κ1) is 27.1. The Hall–Kier alpha value is -3.94. The number of benzene rings is 2. The van der Waals surface area contributed by atoms with Crippen LogP contribution < -0.4 is 0 Å². The molecule has 202 valence electrons. The average molecular weight is 523 g/mol. The molecule has 0 heterocycles. The Labute approximate surface area is 220 Å². The van der Waals surface area contributed by atoms with Crippen molar-refractivity contribution in [3.05, 3.63) is 58.3 Å². The molecule has 0 fully saturated rings. The number of hydrogen-bond donors (Lipinski definition) is 6. The molecule has 8 nitrogen and oxygen atoms in total. The van der Waals surface area contributed by atoms with Gasteiger partial charge in [-0.15, -0.1) is 0 Å². The zero-order valence-corrected chi connectivity index (χ0v) is 22.3. The summed E-state index contributed by atoms with van der Waals surface area (Å²) in [5.74, 6) is -3.39. The second-order valence-corrected chi connectivity index (χ2v) is 11.6. The van der Waals surface area contributed by atoms with Crippen LogP contribution in [0.4, 0.5) is 0 Å². The van der Waals surface area contributed by atoms with Gasteiger partial charge in [0.25, 0.3) is 0 Å². The Bertz CT molecular complexity index is 1450. The van der Waals surface area contributed by atoms with E-state index in [1.54, 1.807) is 12.1 Å². The van der Waals surface area contributed by atoms with Crippen molar-refractivity contribution in [2.75, 3.05) is 0 Å². The number of aldehydes is 2. The Balaban J connectivity index is 2.18. The van der Waals surface area contributed by atoms with E-state index in [9.17, 15) is 40.2 Å². The van der Waals surface area contributed by atoms with Crippen LogP contribution in [-0.4, -0.2) is 43.2 Å². The number of carbonyl (C=O) groups is 2. The number of phenolic OH excluding ortho intramolecular Hbond substituents is 3. The number of phenols is 3. The quantitative estimate of drug-likeness (QED) is 0.159. The first-order valence-corrected chi connectivity index (χ1v) is 12.5. The minimum Gasteiger partial charge on any atom is -0.508 e. The van der Waals surface area contributed by atoms with Gasteiger partial charge >= 0.3 is 0 Å². The van der Waals surface area contributed by atoms with Crippen LogP contribution in [0.15, 0.2) is 52.7 Å². The second kappa shape index (κ2) is 8.55. The molecule has 2 aromatic rings. The lowest BCUT2D eigenvalue weighted by molar-refractivity contribution is -0.124. The van der Waals surface area contributed by atoms with Crippen molar-refractivity contribution >= 4 is 28.9 Å². The molecule has 0 unspecified atom stereocenters. The van der Waals surface area contributed by atoms with E-state index >= 15 is 0 Å². The largest absolute Gasteiger partial charge is 0.508 e. The third-order valence-corrected chi connectivity index (χ3v) is 8.54. The van der Waals surface area contributed by atoms with Gasteiger partial charge in [-0.3, -0.25) is 0 Å². The molecule has 38 heavy (non-hydrogen) atoms. The molecule has 8 heteroatoms. The number of fused-ring (bicyclic) bond motifs is 1. The number of rotatable bonds is 5. The predicted molar refractivity (Wildman–Crippen MR) is 143 cm³/mol. The summed E-state index contributed by atoms with van der Waals surface area (Å²) in [6.07, 6.45) is 0.633. The van der Waals surface area contributed by atoms with Gasteiger partial charge in [-0.05, 0) is 46.8 Å². The zero-order chi connectivity index (χ0) is 28.5. The topological polar surface area (TPSA) is 156 Å². The van der Waals surface area contributed by atoms with E-state index in [1.807, 2.05) is 41.5 Å². The summed E-state index contributed by atoms with van der Waals surface area (Å²) in [6.45, 7) is 11.1. The van der Waals surface area contributed by atoms with Crippen LogP contribution in [0.3, 0.4) is 0 Å². The number of carbonyl (C=O) groups excluding carboxylic acids is 2. The van der Waals surface area contributed by atoms with Crippen LogP contribution in [-0.2, 0) is 9.59 Å². The standard InChI is InChI=1S/C30H34O8/c1-14(2)30(15(3)4)19-11-28(5,6)22(25(36)23(19)29(12-31,13-32)26(37)27(30)38)17-8-7-16-9-20(33)21(34)10-18(16)24(17)35/h7-10,12-15,33-38H,11H2,1-6H3. The number of hydrogen-bond acceptors (Lipinski definition) is 8. The molecule has 0 bridgehead atoms. The van der Waals surface area contributed by atoms with Crippen molar-refractivity contribution in [1.29, 1.82) is 0 Å². The van der Waals surface area contributed by atoms with Gasteiger partial charge in [-0.2, -0.15) is 0 Å². The number of aromatic hydroxyl groups is 3. The monoisotopic (exact) mass is 522 g/mol. The molecule has 0 amide bonds. The second-order valence-electron chi connectivity index (χ2n) is 11.6. The van der Waals surface area contributed by atoms with Gasteiger partial charge in [-0.1, -0.05) is 53.7 Å². The molecule has 0 saturated carbocycles. The van der Waals surface area contributed by atoms with Gasteiger partial charge in [-0.25, -0.2) is 0 Å². The lowest BCUT2D eigenvalue weighted by atomic mass is 9.50. The van der Waals surface area contributed by atoms with Crippen LogP contribution in [0.5, 0.6) is 17.2 Å². The summed E-state index contributed by atoms with van der Waals surface area (Å²) >= 11 is 0. The SMILES string of the molecule is CC(C)C1(C(C)C)C(O)=C(O)C(C=O)(C=O)C2=C1CC(C)(C)C(c1ccc3cc(O)c(O)cc3c1O)=C2O. The van der Waals surface area contributed by atoms with Gasteiger partial charge < -0.3 is 40.2 Å². The molecule has 2 aliphatic rings. The summed E-state index contributed by atoms with van der Waals surface area (Å²) in [4.78, 5) is 25.1. The minimum atomic E-state index is -2.34. The van der Waals surface area contributed by atoms with E-state index in [1.165, 1.54) is 12.1 Å². The molecule has 0 radical (unpaired) electrons. The van der Waals surface area contributed by atoms with E-state index in [0.29, 0.717) is 11.0 Å². The number of aliphatic hydroxyl groups is 3. The summed E-state index contributed by atoms with van der Waals surface area (Å²) in [5.41, 5.74) is -3.59. The maximum atomic E-state index is 12.5. The smallest absolute Gasteiger partial charge is 0.170 e. The van der Waals surface area contributed by atoms with Gasteiger partial charge in [0.2, 0.25) is 0 Å². The highest BCUT2D eigenvalue weighted by Crippen LogP contribution is 2.64. The van der Waals surface area contributed by atoms with E-state index in [-0.39, 0.29) is 64.4 Å². The Morgan fingerprint density at radius 3 is 1.87 bits per heavy atom. The first-order chi connectivity index (χ1) is 17.6. The van der Waals surface area contributed by atoms with Gasteiger partial charge in [0.05, 0.1) is 5.41 Å². The molecule has 2 aliphatic carbocycles. The lowest BCUT2D eigenvalue weighted by Crippen LogP contribution is -2.50. The fourth-order valence-electron chi connectivity index (χ4n) is 6.85. The third kappa shape index (κ3) is 3.22. The maximum Gasteiger partial charge on any atom is 0.170 e. The first-order valence-electron chi connectivity index (χ1n) is 12.5. The molecule has 2 aromatic carbocycles. The van der Waals surface area contributed by atoms with Crippen LogP contribution in [0.25, 0.3) is 16.3 Å². The van der Waals surface area contributed by atoms with E-state index < -0.39 is 39.3 Å². The van der Waals surface area contributed by atoms with Crippen molar-refractivity contribution in [3.63, 3.8) is 0 Å². The van der Waals surface area contributed by atoms with Crippen molar-refractivity contribution in [1.82, 2.24) is 0 Å². The molecule has 0 atom stereocenters. The fraction of sp³-hybridized carbons (Fsp3) is 0.400. The Morgan fingerprint density at radius 2 is 1.34 bits per heavy atom. The van der Waals surface area contributed by atoms with Crippen molar-refractivity contribution < 1.29 is 40.2 Å². The normalized spacial score (nSPS) is 20.3. The summed E-state index contributed by atoms with van der Waals surface area (Å²) in [7, 11) is 0. The highest BCUT2D eigenvalue weighted by Gasteiger charge is 2.61. The van der Waals surface area contributed by atoms with E-state index in [0.717, 1.165) is 0 Å². The van der Waals surface area contributed by atoms with Crippen molar-refractivity contribution in [2.24, 2.45) is 28.1 Å². The summed E-state index contributed by atoms with van der Waals surface area (Å²) < 4.78 is 0. The molecule has 4 rings (SSSR count). The van der Waals surface area contributed by atoms with Crippen LogP contribution in [0, 0.1) is 28.1 Å². The van der Waals surface area contributed by atoms with Crippen molar-refractivity contribution in [2.45, 2.75) is 48.0 Å². The maximum absolute atomic E-state index is 12.5. The average Bonchev–Trinajstić information content (AvgIpc) is 2.83. The third-order valence-electron chi connectivity index (χ3n) is 8.54. The summed E-state index contributed by atoms with van der Waals surface area (Å²) in [5, 5.41) is 66.4. The van der Waals surface area contributed by atoms with Gasteiger partial charge in [0.1, 0.15) is 29.8 Å². The van der Waals surface area contributed by atoms with Crippen molar-refractivity contribution in [3.8, 4) is 17.2 Å². The molecule has 6 N–H and O–H groups in total. The molecule has 0 spiro atoms. The van der Waals surface area contributed by atoms with E-state index in [4.69, 9.17) is 0 Å². The number of allylic oxidation sites excluding steroid dienone is 4. The molecule has 0 aliphatic heterocycles. The minimum absolute atomic E-state index is 0.0948. The molecular formula is C30H34O8.